The Morgan fingerprint density at radius 1 is 1.41 bits per heavy atom. The highest BCUT2D eigenvalue weighted by atomic mass is 19.1. The molecule has 1 saturated carbocycles. The van der Waals surface area contributed by atoms with Gasteiger partial charge < -0.3 is 10.3 Å². The van der Waals surface area contributed by atoms with Gasteiger partial charge in [-0.3, -0.25) is 10.1 Å². The molecule has 0 aliphatic heterocycles. The van der Waals surface area contributed by atoms with Gasteiger partial charge in [0.2, 0.25) is 0 Å². The fourth-order valence-corrected chi connectivity index (χ4v) is 2.91. The summed E-state index contributed by atoms with van der Waals surface area (Å²) in [6.07, 6.45) is 3.41. The van der Waals surface area contributed by atoms with Crippen molar-refractivity contribution in [2.24, 2.45) is 5.73 Å². The fourth-order valence-electron chi connectivity index (χ4n) is 2.91. The van der Waals surface area contributed by atoms with Crippen LogP contribution in [0.2, 0.25) is 0 Å². The molecule has 1 aliphatic carbocycles. The van der Waals surface area contributed by atoms with Crippen molar-refractivity contribution in [3.05, 3.63) is 39.5 Å². The molecule has 1 fully saturated rings. The Morgan fingerprint density at radius 3 is 2.73 bits per heavy atom. The summed E-state index contributed by atoms with van der Waals surface area (Å²) >= 11 is 0. The maximum absolute atomic E-state index is 13.6. The summed E-state index contributed by atoms with van der Waals surface area (Å²) in [5.74, 6) is -0.363. The van der Waals surface area contributed by atoms with Gasteiger partial charge in [0.05, 0.1) is 10.5 Å². The minimum Gasteiger partial charge on any atom is -0.334 e. The number of hydrogen-bond donors (Lipinski definition) is 1. The Labute approximate surface area is 125 Å². The Bertz CT molecular complexity index is 738. The fraction of sp³-hybridized carbons (Fsp3) is 0.429. The van der Waals surface area contributed by atoms with Gasteiger partial charge in [0.1, 0.15) is 11.4 Å². The van der Waals surface area contributed by atoms with E-state index in [0.717, 1.165) is 37.8 Å². The van der Waals surface area contributed by atoms with E-state index in [-0.39, 0.29) is 22.7 Å². The van der Waals surface area contributed by atoms with Crippen LogP contribution in [0.15, 0.2) is 16.7 Å². The van der Waals surface area contributed by atoms with Crippen molar-refractivity contribution < 1.29 is 13.8 Å². The van der Waals surface area contributed by atoms with E-state index in [4.69, 9.17) is 10.3 Å². The van der Waals surface area contributed by atoms with Gasteiger partial charge in [0.25, 0.3) is 11.6 Å². The van der Waals surface area contributed by atoms with E-state index >= 15 is 0 Å². The average molecular weight is 306 g/mol. The number of benzene rings is 1. The molecule has 0 unspecified atom stereocenters. The molecular formula is C14H15FN4O3. The first-order valence-corrected chi connectivity index (χ1v) is 6.99. The lowest BCUT2D eigenvalue weighted by molar-refractivity contribution is -0.384. The summed E-state index contributed by atoms with van der Waals surface area (Å²) < 4.78 is 18.7. The van der Waals surface area contributed by atoms with Crippen LogP contribution in [0.25, 0.3) is 11.5 Å². The molecule has 116 valence electrons. The van der Waals surface area contributed by atoms with Crippen molar-refractivity contribution >= 4 is 5.69 Å². The quantitative estimate of drug-likeness (QED) is 0.690. The SMILES string of the molecule is Cc1cc(F)cc(-c2nc(C3(N)CCCC3)no2)c1[N+](=O)[O-]. The summed E-state index contributed by atoms with van der Waals surface area (Å²) in [5, 5.41) is 15.1. The Hall–Kier alpha value is -2.35. The highest BCUT2D eigenvalue weighted by Crippen LogP contribution is 2.37. The molecule has 0 atom stereocenters. The number of halogens is 1. The highest BCUT2D eigenvalue weighted by molar-refractivity contribution is 5.69. The maximum atomic E-state index is 13.6. The molecule has 1 aromatic heterocycles. The highest BCUT2D eigenvalue weighted by Gasteiger charge is 2.37. The zero-order valence-electron chi connectivity index (χ0n) is 12.0. The standard InChI is InChI=1S/C14H15FN4O3/c1-8-6-9(15)7-10(11(8)19(20)21)12-17-13(18-22-12)14(16)4-2-3-5-14/h6-7H,2-5,16H2,1H3. The van der Waals surface area contributed by atoms with Crippen molar-refractivity contribution in [3.8, 4) is 11.5 Å². The van der Waals surface area contributed by atoms with Crippen LogP contribution >= 0.6 is 0 Å². The van der Waals surface area contributed by atoms with Gasteiger partial charge in [-0.1, -0.05) is 18.0 Å². The van der Waals surface area contributed by atoms with Crippen LogP contribution < -0.4 is 5.73 Å². The number of rotatable bonds is 3. The van der Waals surface area contributed by atoms with Gasteiger partial charge in [0, 0.05) is 5.56 Å². The number of hydrogen-bond acceptors (Lipinski definition) is 6. The number of nitro benzene ring substituents is 1. The Morgan fingerprint density at radius 2 is 2.09 bits per heavy atom. The van der Waals surface area contributed by atoms with Crippen molar-refractivity contribution in [1.29, 1.82) is 0 Å². The summed E-state index contributed by atoms with van der Waals surface area (Å²) in [4.78, 5) is 14.8. The normalized spacial score (nSPS) is 16.9. The maximum Gasteiger partial charge on any atom is 0.285 e. The summed E-state index contributed by atoms with van der Waals surface area (Å²) in [5.41, 5.74) is 5.50. The third-order valence-electron chi connectivity index (χ3n) is 4.05. The van der Waals surface area contributed by atoms with Crippen LogP contribution in [0, 0.1) is 22.9 Å². The number of nitro groups is 1. The van der Waals surface area contributed by atoms with Crippen LogP contribution in [0.5, 0.6) is 0 Å². The number of aryl methyl sites for hydroxylation is 1. The van der Waals surface area contributed by atoms with E-state index in [1.54, 1.807) is 0 Å². The third kappa shape index (κ3) is 2.35. The second-order valence-corrected chi connectivity index (χ2v) is 5.66. The number of nitrogens with zero attached hydrogens (tertiary/aromatic N) is 3. The van der Waals surface area contributed by atoms with Crippen LogP contribution in [-0.2, 0) is 5.54 Å². The van der Waals surface area contributed by atoms with Crippen molar-refractivity contribution in [3.63, 3.8) is 0 Å². The average Bonchev–Trinajstić information content (AvgIpc) is 3.06. The van der Waals surface area contributed by atoms with Crippen LogP contribution in [0.4, 0.5) is 10.1 Å². The largest absolute Gasteiger partial charge is 0.334 e. The molecule has 2 aromatic rings. The lowest BCUT2D eigenvalue weighted by Crippen LogP contribution is -2.34. The molecule has 3 rings (SSSR count). The monoisotopic (exact) mass is 306 g/mol. The van der Waals surface area contributed by atoms with E-state index in [1.807, 2.05) is 0 Å². The molecular weight excluding hydrogens is 291 g/mol. The summed E-state index contributed by atoms with van der Waals surface area (Å²) in [7, 11) is 0. The van der Waals surface area contributed by atoms with Gasteiger partial charge in [-0.25, -0.2) is 4.39 Å². The lowest BCUT2D eigenvalue weighted by Gasteiger charge is -2.17. The van der Waals surface area contributed by atoms with Gasteiger partial charge in [0.15, 0.2) is 5.82 Å². The smallest absolute Gasteiger partial charge is 0.285 e. The minimum atomic E-state index is -0.668. The van der Waals surface area contributed by atoms with Crippen molar-refractivity contribution in [1.82, 2.24) is 10.1 Å². The molecule has 7 nitrogen and oxygen atoms in total. The van der Waals surface area contributed by atoms with Gasteiger partial charge in [-0.05, 0) is 31.9 Å². The molecule has 1 aromatic carbocycles. The van der Waals surface area contributed by atoms with E-state index in [2.05, 4.69) is 10.1 Å². The molecule has 1 aliphatic rings. The predicted molar refractivity (Wildman–Crippen MR) is 75.4 cm³/mol. The lowest BCUT2D eigenvalue weighted by atomic mass is 9.98. The van der Waals surface area contributed by atoms with Crippen LogP contribution in [0.1, 0.15) is 37.1 Å². The molecule has 0 bridgehead atoms. The zero-order chi connectivity index (χ0) is 15.9. The molecule has 0 spiro atoms. The second-order valence-electron chi connectivity index (χ2n) is 5.66. The zero-order valence-corrected chi connectivity index (χ0v) is 12.0. The first kappa shape index (κ1) is 14.6. The number of nitrogens with two attached hydrogens (primary N) is 1. The molecule has 0 radical (unpaired) electrons. The first-order chi connectivity index (χ1) is 10.4. The molecule has 2 N–H and O–H groups in total. The van der Waals surface area contributed by atoms with Crippen LogP contribution in [0.3, 0.4) is 0 Å². The van der Waals surface area contributed by atoms with Crippen molar-refractivity contribution in [2.45, 2.75) is 38.1 Å². The molecule has 0 saturated heterocycles. The van der Waals surface area contributed by atoms with Gasteiger partial charge in [-0.2, -0.15) is 4.98 Å². The van der Waals surface area contributed by atoms with Gasteiger partial charge in [-0.15, -0.1) is 0 Å². The topological polar surface area (TPSA) is 108 Å². The third-order valence-corrected chi connectivity index (χ3v) is 4.05. The van der Waals surface area contributed by atoms with Crippen LogP contribution in [-0.4, -0.2) is 15.1 Å². The predicted octanol–water partition coefficient (Wildman–Crippen LogP) is 2.82. The summed E-state index contributed by atoms with van der Waals surface area (Å²) in [6, 6.07) is 2.13. The second kappa shape index (κ2) is 5.13. The van der Waals surface area contributed by atoms with E-state index in [9.17, 15) is 14.5 Å². The van der Waals surface area contributed by atoms with E-state index in [0.29, 0.717) is 5.82 Å². The van der Waals surface area contributed by atoms with E-state index in [1.165, 1.54) is 6.92 Å². The van der Waals surface area contributed by atoms with E-state index < -0.39 is 16.3 Å². The first-order valence-electron chi connectivity index (χ1n) is 6.99. The minimum absolute atomic E-state index is 0.0251. The molecule has 8 heteroatoms. The Balaban J connectivity index is 2.09. The Kier molecular flexibility index (Phi) is 3.40. The summed E-state index contributed by atoms with van der Waals surface area (Å²) in [6.45, 7) is 1.46. The van der Waals surface area contributed by atoms with Crippen molar-refractivity contribution in [2.75, 3.05) is 0 Å². The molecule has 0 amide bonds. The molecule has 1 heterocycles. The number of aromatic nitrogens is 2. The molecule has 22 heavy (non-hydrogen) atoms. The van der Waals surface area contributed by atoms with Gasteiger partial charge >= 0.3 is 0 Å².